The molecule has 1 saturated heterocycles. The van der Waals surface area contributed by atoms with Gasteiger partial charge in [-0.05, 0) is 39.0 Å². The van der Waals surface area contributed by atoms with Crippen LogP contribution in [-0.4, -0.2) is 55.0 Å². The maximum Gasteiger partial charge on any atom is 0.178 e. The lowest BCUT2D eigenvalue weighted by Crippen LogP contribution is -2.54. The third kappa shape index (κ3) is 3.13. The molecule has 4 aromatic rings. The van der Waals surface area contributed by atoms with Crippen LogP contribution in [-0.2, 0) is 7.05 Å². The number of aromatic nitrogens is 5. The first-order chi connectivity index (χ1) is 14.4. The monoisotopic (exact) mass is 403 g/mol. The molecule has 0 radical (unpaired) electrons. The molecule has 8 heteroatoms. The number of nitrogens with zero attached hydrogens (tertiary/aromatic N) is 6. The average Bonchev–Trinajstić information content (AvgIpc) is 3.10. The topological polar surface area (TPSA) is 92.0 Å². The summed E-state index contributed by atoms with van der Waals surface area (Å²) >= 11 is 0. The van der Waals surface area contributed by atoms with Gasteiger partial charge in [-0.15, -0.1) is 0 Å². The summed E-state index contributed by atoms with van der Waals surface area (Å²) in [5, 5.41) is 19.7. The lowest BCUT2D eigenvalue weighted by atomic mass is 10.0. The molecule has 1 aromatic carbocycles. The van der Waals surface area contributed by atoms with Crippen LogP contribution < -0.4 is 10.2 Å². The maximum absolute atomic E-state index is 10.8. The Kier molecular flexibility index (Phi) is 4.32. The van der Waals surface area contributed by atoms with E-state index in [-0.39, 0.29) is 5.75 Å². The molecule has 0 spiro atoms. The summed E-state index contributed by atoms with van der Waals surface area (Å²) in [6.45, 7) is 8.02. The fourth-order valence-corrected chi connectivity index (χ4v) is 4.35. The molecule has 1 aliphatic rings. The van der Waals surface area contributed by atoms with Crippen molar-refractivity contribution < 1.29 is 5.11 Å². The molecule has 30 heavy (non-hydrogen) atoms. The van der Waals surface area contributed by atoms with Crippen molar-refractivity contribution in [3.8, 4) is 17.0 Å². The molecule has 8 nitrogen and oxygen atoms in total. The van der Waals surface area contributed by atoms with Crippen LogP contribution in [0.3, 0.4) is 0 Å². The second-order valence-corrected chi connectivity index (χ2v) is 8.28. The highest BCUT2D eigenvalue weighted by molar-refractivity contribution is 5.91. The molecule has 0 unspecified atom stereocenters. The van der Waals surface area contributed by atoms with E-state index in [1.54, 1.807) is 10.9 Å². The Morgan fingerprint density at radius 2 is 1.90 bits per heavy atom. The van der Waals surface area contributed by atoms with Gasteiger partial charge in [0, 0.05) is 54.9 Å². The predicted molar refractivity (Wildman–Crippen MR) is 118 cm³/mol. The van der Waals surface area contributed by atoms with Gasteiger partial charge in [0.1, 0.15) is 17.1 Å². The second kappa shape index (κ2) is 6.91. The quantitative estimate of drug-likeness (QED) is 0.532. The van der Waals surface area contributed by atoms with Gasteiger partial charge in [0.25, 0.3) is 0 Å². The highest BCUT2D eigenvalue weighted by atomic mass is 16.3. The number of hydrogen-bond acceptors (Lipinski definition) is 7. The van der Waals surface area contributed by atoms with Gasteiger partial charge in [-0.3, -0.25) is 4.68 Å². The third-order valence-electron chi connectivity index (χ3n) is 5.67. The molecular weight excluding hydrogens is 378 g/mol. The van der Waals surface area contributed by atoms with E-state index < -0.39 is 0 Å². The van der Waals surface area contributed by atoms with Gasteiger partial charge >= 0.3 is 0 Å². The molecule has 4 heterocycles. The minimum Gasteiger partial charge on any atom is -0.507 e. The van der Waals surface area contributed by atoms with Crippen molar-refractivity contribution in [2.24, 2.45) is 7.05 Å². The zero-order valence-electron chi connectivity index (χ0n) is 17.6. The number of anilines is 1. The first-order valence-electron chi connectivity index (χ1n) is 10.2. The van der Waals surface area contributed by atoms with Crippen molar-refractivity contribution >= 4 is 27.9 Å². The standard InChI is InChI=1S/C22H25N7O/c1-12-9-29(10-13(2)24-12)19-8-23-22-18(25-19)6-5-17(26-22)16-7-15-11-28(4)27-20(15)14(3)21(16)30/h5-8,11-13,24,30H,9-10H2,1-4H3/t12-,13-/m0/s1. The molecule has 0 bridgehead atoms. The number of nitrogens with one attached hydrogen (secondary N) is 1. The van der Waals surface area contributed by atoms with Crippen molar-refractivity contribution in [1.82, 2.24) is 30.0 Å². The van der Waals surface area contributed by atoms with Crippen LogP contribution in [0, 0.1) is 6.92 Å². The highest BCUT2D eigenvalue weighted by Crippen LogP contribution is 2.36. The van der Waals surface area contributed by atoms with Crippen molar-refractivity contribution in [2.45, 2.75) is 32.9 Å². The zero-order valence-corrected chi connectivity index (χ0v) is 17.6. The number of aryl methyl sites for hydroxylation is 2. The number of piperazine rings is 1. The predicted octanol–water partition coefficient (Wildman–Crippen LogP) is 2.78. The molecule has 0 saturated carbocycles. The number of phenols is 1. The van der Waals surface area contributed by atoms with E-state index in [9.17, 15) is 5.11 Å². The lowest BCUT2D eigenvalue weighted by Gasteiger charge is -2.36. The van der Waals surface area contributed by atoms with Gasteiger partial charge in [-0.25, -0.2) is 15.0 Å². The molecule has 0 aliphatic carbocycles. The van der Waals surface area contributed by atoms with Crippen molar-refractivity contribution in [1.29, 1.82) is 0 Å². The molecule has 154 valence electrons. The molecule has 0 amide bonds. The fraction of sp³-hybridized carbons (Fsp3) is 0.364. The first-order valence-corrected chi connectivity index (χ1v) is 10.2. The lowest BCUT2D eigenvalue weighted by molar-refractivity contribution is 0.405. The largest absolute Gasteiger partial charge is 0.507 e. The van der Waals surface area contributed by atoms with Crippen molar-refractivity contribution in [3.63, 3.8) is 0 Å². The summed E-state index contributed by atoms with van der Waals surface area (Å²) in [6.07, 6.45) is 3.73. The number of benzene rings is 1. The van der Waals surface area contributed by atoms with Crippen LogP contribution in [0.25, 0.3) is 33.3 Å². The molecule has 2 atom stereocenters. The summed E-state index contributed by atoms with van der Waals surface area (Å²) in [6, 6.07) is 6.54. The molecule has 3 aromatic heterocycles. The Labute approximate surface area is 174 Å². The molecule has 1 aliphatic heterocycles. The molecule has 1 fully saturated rings. The Morgan fingerprint density at radius 1 is 1.13 bits per heavy atom. The van der Waals surface area contributed by atoms with Crippen molar-refractivity contribution in [2.75, 3.05) is 18.0 Å². The zero-order chi connectivity index (χ0) is 21.0. The van der Waals surface area contributed by atoms with E-state index in [0.717, 1.165) is 40.9 Å². The van der Waals surface area contributed by atoms with Crippen LogP contribution in [0.15, 0.2) is 30.6 Å². The summed E-state index contributed by atoms with van der Waals surface area (Å²) in [4.78, 5) is 16.3. The van der Waals surface area contributed by atoms with Gasteiger partial charge in [0.15, 0.2) is 5.65 Å². The Morgan fingerprint density at radius 3 is 2.67 bits per heavy atom. The Bertz CT molecular complexity index is 1260. The smallest absolute Gasteiger partial charge is 0.178 e. The summed E-state index contributed by atoms with van der Waals surface area (Å²) in [5.41, 5.74) is 4.19. The molecule has 2 N–H and O–H groups in total. The Hall–Kier alpha value is -3.26. The van der Waals surface area contributed by atoms with Gasteiger partial charge in [0.05, 0.1) is 17.4 Å². The van der Waals surface area contributed by atoms with Gasteiger partial charge in [-0.1, -0.05) is 0 Å². The number of hydrogen-bond donors (Lipinski definition) is 2. The second-order valence-electron chi connectivity index (χ2n) is 8.28. The van der Waals surface area contributed by atoms with Crippen LogP contribution in [0.2, 0.25) is 0 Å². The fourth-order valence-electron chi connectivity index (χ4n) is 4.35. The van der Waals surface area contributed by atoms with Crippen molar-refractivity contribution in [3.05, 3.63) is 36.2 Å². The van der Waals surface area contributed by atoms with Gasteiger partial charge < -0.3 is 15.3 Å². The van der Waals surface area contributed by atoms with E-state index in [2.05, 4.69) is 39.1 Å². The van der Waals surface area contributed by atoms with E-state index in [1.807, 2.05) is 38.4 Å². The maximum atomic E-state index is 10.8. The summed E-state index contributed by atoms with van der Waals surface area (Å²) < 4.78 is 1.75. The van der Waals surface area contributed by atoms with E-state index in [0.29, 0.717) is 29.0 Å². The summed E-state index contributed by atoms with van der Waals surface area (Å²) in [7, 11) is 1.87. The molecular formula is C22H25N7O. The van der Waals surface area contributed by atoms with Crippen LogP contribution in [0.1, 0.15) is 19.4 Å². The number of fused-ring (bicyclic) bond motifs is 2. The normalized spacial score (nSPS) is 19.7. The SMILES string of the molecule is Cc1c(O)c(-c2ccc3nc(N4C[C@H](C)N[C@@H](C)C4)cnc3n2)cc2cn(C)nc12. The van der Waals surface area contributed by atoms with Crippen LogP contribution in [0.4, 0.5) is 5.82 Å². The van der Waals surface area contributed by atoms with Gasteiger partial charge in [0.2, 0.25) is 0 Å². The number of phenolic OH excluding ortho intramolecular Hbond substituents is 1. The molecule has 5 rings (SSSR count). The van der Waals surface area contributed by atoms with Crippen LogP contribution >= 0.6 is 0 Å². The van der Waals surface area contributed by atoms with Crippen LogP contribution in [0.5, 0.6) is 5.75 Å². The third-order valence-corrected chi connectivity index (χ3v) is 5.67. The average molecular weight is 403 g/mol. The highest BCUT2D eigenvalue weighted by Gasteiger charge is 2.22. The number of aromatic hydroxyl groups is 1. The van der Waals surface area contributed by atoms with E-state index in [1.165, 1.54) is 0 Å². The van der Waals surface area contributed by atoms with Gasteiger partial charge in [-0.2, -0.15) is 5.10 Å². The van der Waals surface area contributed by atoms with E-state index in [4.69, 9.17) is 4.98 Å². The minimum atomic E-state index is 0.196. The first kappa shape index (κ1) is 18.7. The summed E-state index contributed by atoms with van der Waals surface area (Å²) in [5.74, 6) is 1.06. The number of pyridine rings is 1. The van der Waals surface area contributed by atoms with E-state index >= 15 is 0 Å². The Balaban J connectivity index is 1.55. The number of rotatable bonds is 2. The minimum absolute atomic E-state index is 0.196.